The summed E-state index contributed by atoms with van der Waals surface area (Å²) in [6.45, 7) is 2.37. The highest BCUT2D eigenvalue weighted by Gasteiger charge is 2.16. The molecule has 0 amide bonds. The quantitative estimate of drug-likeness (QED) is 0.799. The van der Waals surface area contributed by atoms with Gasteiger partial charge in [-0.05, 0) is 18.4 Å². The Morgan fingerprint density at radius 1 is 1.37 bits per heavy atom. The third-order valence-electron chi connectivity index (χ3n) is 2.75. The highest BCUT2D eigenvalue weighted by molar-refractivity contribution is 7.12. The molecule has 0 aliphatic heterocycles. The van der Waals surface area contributed by atoms with Crippen LogP contribution in [0.15, 0.2) is 22.9 Å². The van der Waals surface area contributed by atoms with Gasteiger partial charge in [0.1, 0.15) is 5.69 Å². The molecular formula is C12H13N5S2. The average Bonchev–Trinajstić information content (AvgIpc) is 3.10. The number of nitrogens with zero attached hydrogens (tertiary/aromatic N) is 4. The Morgan fingerprint density at radius 2 is 2.26 bits per heavy atom. The summed E-state index contributed by atoms with van der Waals surface area (Å²) in [5.74, 6) is 0. The summed E-state index contributed by atoms with van der Waals surface area (Å²) in [6, 6.07) is 4.15. The number of hydrogen-bond donors (Lipinski definition) is 1. The standard InChI is InChI=1S/C12H13N5S2/c1-8-7-19-12(14-8)17-11(10(6-13)15-16-17)5-9-3-2-4-18-9/h2-4,7H,5-6,13H2,1H3. The topological polar surface area (TPSA) is 69.6 Å². The van der Waals surface area contributed by atoms with Crippen molar-refractivity contribution in [2.45, 2.75) is 19.9 Å². The molecule has 98 valence electrons. The molecule has 0 aromatic carbocycles. The number of aryl methyl sites for hydroxylation is 1. The van der Waals surface area contributed by atoms with Gasteiger partial charge >= 0.3 is 0 Å². The molecule has 0 bridgehead atoms. The minimum Gasteiger partial charge on any atom is -0.325 e. The maximum Gasteiger partial charge on any atom is 0.212 e. The zero-order valence-electron chi connectivity index (χ0n) is 10.4. The van der Waals surface area contributed by atoms with Crippen molar-refractivity contribution in [3.63, 3.8) is 0 Å². The van der Waals surface area contributed by atoms with E-state index in [9.17, 15) is 0 Å². The highest BCUT2D eigenvalue weighted by Crippen LogP contribution is 2.21. The molecule has 0 fully saturated rings. The Hall–Kier alpha value is -1.57. The molecule has 19 heavy (non-hydrogen) atoms. The van der Waals surface area contributed by atoms with Gasteiger partial charge in [-0.1, -0.05) is 11.3 Å². The molecule has 7 heteroatoms. The van der Waals surface area contributed by atoms with Crippen LogP contribution in [-0.2, 0) is 13.0 Å². The summed E-state index contributed by atoms with van der Waals surface area (Å²) >= 11 is 3.29. The van der Waals surface area contributed by atoms with E-state index < -0.39 is 0 Å². The fourth-order valence-electron chi connectivity index (χ4n) is 1.84. The van der Waals surface area contributed by atoms with Crippen molar-refractivity contribution in [1.82, 2.24) is 20.0 Å². The Balaban J connectivity index is 2.03. The van der Waals surface area contributed by atoms with Crippen molar-refractivity contribution in [2.24, 2.45) is 5.73 Å². The van der Waals surface area contributed by atoms with Gasteiger partial charge in [0.2, 0.25) is 5.13 Å². The van der Waals surface area contributed by atoms with E-state index >= 15 is 0 Å². The first kappa shape index (κ1) is 12.5. The van der Waals surface area contributed by atoms with Gasteiger partial charge in [0, 0.05) is 23.2 Å². The monoisotopic (exact) mass is 291 g/mol. The molecule has 3 aromatic rings. The molecule has 0 atom stereocenters. The predicted molar refractivity (Wildman–Crippen MR) is 76.8 cm³/mol. The summed E-state index contributed by atoms with van der Waals surface area (Å²) in [7, 11) is 0. The second-order valence-electron chi connectivity index (χ2n) is 4.13. The van der Waals surface area contributed by atoms with Gasteiger partial charge < -0.3 is 5.73 Å². The number of hydrogen-bond acceptors (Lipinski definition) is 6. The van der Waals surface area contributed by atoms with Crippen molar-refractivity contribution < 1.29 is 0 Å². The summed E-state index contributed by atoms with van der Waals surface area (Å²) in [6.07, 6.45) is 0.788. The molecule has 3 aromatic heterocycles. The minimum absolute atomic E-state index is 0.394. The number of aromatic nitrogens is 4. The van der Waals surface area contributed by atoms with E-state index in [0.29, 0.717) is 6.54 Å². The zero-order chi connectivity index (χ0) is 13.2. The number of thiophene rings is 1. The van der Waals surface area contributed by atoms with E-state index in [1.54, 1.807) is 27.4 Å². The number of nitrogens with two attached hydrogens (primary N) is 1. The van der Waals surface area contributed by atoms with Crippen LogP contribution in [0.2, 0.25) is 0 Å². The molecule has 0 aliphatic rings. The maximum atomic E-state index is 5.75. The lowest BCUT2D eigenvalue weighted by Crippen LogP contribution is -2.06. The van der Waals surface area contributed by atoms with Crippen LogP contribution in [0.3, 0.4) is 0 Å². The van der Waals surface area contributed by atoms with E-state index in [4.69, 9.17) is 5.73 Å². The van der Waals surface area contributed by atoms with Gasteiger partial charge in [0.25, 0.3) is 0 Å². The van der Waals surface area contributed by atoms with Gasteiger partial charge in [-0.25, -0.2) is 4.98 Å². The van der Waals surface area contributed by atoms with E-state index in [1.807, 2.05) is 18.4 Å². The van der Waals surface area contributed by atoms with Crippen molar-refractivity contribution in [2.75, 3.05) is 0 Å². The normalized spacial score (nSPS) is 11.1. The Labute approximate surface area is 118 Å². The fourth-order valence-corrected chi connectivity index (χ4v) is 3.32. The maximum absolute atomic E-state index is 5.75. The lowest BCUT2D eigenvalue weighted by molar-refractivity contribution is 0.766. The Kier molecular flexibility index (Phi) is 3.41. The average molecular weight is 291 g/mol. The van der Waals surface area contributed by atoms with Crippen molar-refractivity contribution >= 4 is 22.7 Å². The molecule has 2 N–H and O–H groups in total. The second-order valence-corrected chi connectivity index (χ2v) is 6.00. The molecule has 0 radical (unpaired) electrons. The summed E-state index contributed by atoms with van der Waals surface area (Å²) < 4.78 is 1.81. The van der Waals surface area contributed by atoms with E-state index in [1.165, 1.54) is 4.88 Å². The molecule has 5 nitrogen and oxygen atoms in total. The lowest BCUT2D eigenvalue weighted by atomic mass is 10.2. The predicted octanol–water partition coefficient (Wildman–Crippen LogP) is 2.14. The zero-order valence-corrected chi connectivity index (χ0v) is 12.0. The van der Waals surface area contributed by atoms with E-state index in [2.05, 4.69) is 26.7 Å². The molecule has 3 rings (SSSR count). The first-order valence-electron chi connectivity index (χ1n) is 5.86. The van der Waals surface area contributed by atoms with E-state index in [-0.39, 0.29) is 0 Å². The molecule has 0 unspecified atom stereocenters. The van der Waals surface area contributed by atoms with Gasteiger partial charge in [-0.15, -0.1) is 27.8 Å². The summed E-state index contributed by atoms with van der Waals surface area (Å²) in [5.41, 5.74) is 8.60. The van der Waals surface area contributed by atoms with Crippen LogP contribution in [0.25, 0.3) is 5.13 Å². The fraction of sp³-hybridized carbons (Fsp3) is 0.250. The molecule has 0 spiro atoms. The third-order valence-corrected chi connectivity index (χ3v) is 4.56. The molecule has 0 saturated heterocycles. The first-order valence-corrected chi connectivity index (χ1v) is 7.62. The number of rotatable bonds is 4. The molecule has 3 heterocycles. The SMILES string of the molecule is Cc1csc(-n2nnc(CN)c2Cc2cccs2)n1. The van der Waals surface area contributed by atoms with Crippen molar-refractivity contribution in [1.29, 1.82) is 0 Å². The molecule has 0 aliphatic carbocycles. The minimum atomic E-state index is 0.394. The van der Waals surface area contributed by atoms with Gasteiger partial charge in [-0.2, -0.15) is 4.68 Å². The van der Waals surface area contributed by atoms with Crippen LogP contribution in [0.5, 0.6) is 0 Å². The summed E-state index contributed by atoms with van der Waals surface area (Å²) in [5, 5.41) is 13.3. The Bertz CT molecular complexity index is 668. The second kappa shape index (κ2) is 5.20. The van der Waals surface area contributed by atoms with Crippen LogP contribution in [0, 0.1) is 6.92 Å². The largest absolute Gasteiger partial charge is 0.325 e. The van der Waals surface area contributed by atoms with Gasteiger partial charge in [0.05, 0.1) is 11.4 Å². The number of thiazole rings is 1. The Morgan fingerprint density at radius 3 is 2.89 bits per heavy atom. The van der Waals surface area contributed by atoms with Crippen LogP contribution in [0.4, 0.5) is 0 Å². The van der Waals surface area contributed by atoms with E-state index in [0.717, 1.165) is 28.6 Å². The first-order chi connectivity index (χ1) is 9.28. The lowest BCUT2D eigenvalue weighted by Gasteiger charge is -2.03. The summed E-state index contributed by atoms with van der Waals surface area (Å²) in [4.78, 5) is 5.73. The van der Waals surface area contributed by atoms with Crippen LogP contribution in [0.1, 0.15) is 22.0 Å². The molecule has 0 saturated carbocycles. The van der Waals surface area contributed by atoms with Crippen LogP contribution >= 0.6 is 22.7 Å². The molecular weight excluding hydrogens is 278 g/mol. The third kappa shape index (κ3) is 2.44. The van der Waals surface area contributed by atoms with Crippen LogP contribution < -0.4 is 5.73 Å². The van der Waals surface area contributed by atoms with Gasteiger partial charge in [-0.3, -0.25) is 0 Å². The van der Waals surface area contributed by atoms with Gasteiger partial charge in [0.15, 0.2) is 0 Å². The van der Waals surface area contributed by atoms with Crippen molar-refractivity contribution in [3.05, 3.63) is 44.9 Å². The van der Waals surface area contributed by atoms with Crippen LogP contribution in [-0.4, -0.2) is 20.0 Å². The smallest absolute Gasteiger partial charge is 0.212 e. The highest BCUT2D eigenvalue weighted by atomic mass is 32.1. The van der Waals surface area contributed by atoms with Crippen molar-refractivity contribution in [3.8, 4) is 5.13 Å².